The smallest absolute Gasteiger partial charge is 0.179 e. The third-order valence-electron chi connectivity index (χ3n) is 13.6. The summed E-state index contributed by atoms with van der Waals surface area (Å²) in [5, 5.41) is 9.81. The Kier molecular flexibility index (Phi) is 9.77. The van der Waals surface area contributed by atoms with Crippen molar-refractivity contribution in [1.82, 2.24) is 19.5 Å². The minimum atomic E-state index is -2.76. The number of furan rings is 1. The molecule has 13 rings (SSSR count). The second-order valence-corrected chi connectivity index (χ2v) is 21.3. The SMILES string of the molecule is c1ccc([Si](c2ccccc2)(c2ccccc2)c2ccc(-c3nc(-c4cccc(-n5c6ccccc6c6ccccc65)c4)nc(-c4ccccc4-c4ccc5oc6ccccc6c5c4)n3)cc2)cc1. The maximum Gasteiger partial charge on any atom is 0.179 e. The first-order valence-corrected chi connectivity index (χ1v) is 25.3. The third-order valence-corrected chi connectivity index (χ3v) is 18.4. The predicted molar refractivity (Wildman–Crippen MR) is 287 cm³/mol. The minimum Gasteiger partial charge on any atom is -0.456 e. The van der Waals surface area contributed by atoms with Crippen LogP contribution in [0.5, 0.6) is 0 Å². The van der Waals surface area contributed by atoms with Gasteiger partial charge in [-0.2, -0.15) is 0 Å². The van der Waals surface area contributed by atoms with Crippen molar-refractivity contribution in [3.05, 3.63) is 255 Å². The average Bonchev–Trinajstić information content (AvgIpc) is 3.98. The quantitative estimate of drug-likeness (QED) is 0.107. The van der Waals surface area contributed by atoms with Crippen LogP contribution >= 0.6 is 0 Å². The van der Waals surface area contributed by atoms with Gasteiger partial charge in [-0.05, 0) is 74.3 Å². The van der Waals surface area contributed by atoms with E-state index in [2.05, 4.69) is 247 Å². The van der Waals surface area contributed by atoms with Gasteiger partial charge in [-0.25, -0.2) is 15.0 Å². The summed E-state index contributed by atoms with van der Waals surface area (Å²) in [6, 6.07) is 90.9. The van der Waals surface area contributed by atoms with Gasteiger partial charge in [0.2, 0.25) is 0 Å². The van der Waals surface area contributed by atoms with E-state index in [9.17, 15) is 0 Å². The van der Waals surface area contributed by atoms with Crippen LogP contribution in [0, 0.1) is 0 Å². The summed E-state index contributed by atoms with van der Waals surface area (Å²) in [5.41, 5.74) is 9.82. The van der Waals surface area contributed by atoms with Crippen molar-refractivity contribution in [2.24, 2.45) is 0 Å². The average molecular weight is 899 g/mol. The van der Waals surface area contributed by atoms with Crippen LogP contribution in [0.2, 0.25) is 0 Å². The molecule has 0 N–H and O–H groups in total. The molecule has 3 aromatic heterocycles. The molecule has 0 radical (unpaired) electrons. The van der Waals surface area contributed by atoms with Crippen LogP contribution in [-0.2, 0) is 0 Å². The van der Waals surface area contributed by atoms with Crippen LogP contribution < -0.4 is 20.7 Å². The molecule has 0 saturated heterocycles. The first kappa shape index (κ1) is 40.3. The van der Waals surface area contributed by atoms with Crippen molar-refractivity contribution in [3.63, 3.8) is 0 Å². The van der Waals surface area contributed by atoms with E-state index in [1.165, 1.54) is 31.5 Å². The van der Waals surface area contributed by atoms with Crippen LogP contribution in [0.3, 0.4) is 0 Å². The molecular formula is C63H42N4OSi. The van der Waals surface area contributed by atoms with Crippen LogP contribution in [0.1, 0.15) is 0 Å². The Labute approximate surface area is 400 Å². The minimum absolute atomic E-state index is 0.592. The Balaban J connectivity index is 1.00. The molecule has 0 atom stereocenters. The van der Waals surface area contributed by atoms with Crippen LogP contribution in [0.15, 0.2) is 259 Å². The van der Waals surface area contributed by atoms with Gasteiger partial charge < -0.3 is 8.98 Å². The summed E-state index contributed by atoms with van der Waals surface area (Å²) in [5.74, 6) is 1.78. The second-order valence-electron chi connectivity index (χ2n) is 17.5. The Morgan fingerprint density at radius 2 is 0.783 bits per heavy atom. The lowest BCUT2D eigenvalue weighted by Gasteiger charge is -2.34. The highest BCUT2D eigenvalue weighted by molar-refractivity contribution is 7.19. The fraction of sp³-hybridized carbons (Fsp3) is 0. The fourth-order valence-corrected chi connectivity index (χ4v) is 15.2. The van der Waals surface area contributed by atoms with E-state index in [4.69, 9.17) is 19.4 Å². The zero-order valence-electron chi connectivity index (χ0n) is 37.4. The molecule has 6 heteroatoms. The maximum absolute atomic E-state index is 6.24. The number of nitrogens with zero attached hydrogens (tertiary/aromatic N) is 4. The molecule has 0 unspecified atom stereocenters. The van der Waals surface area contributed by atoms with Gasteiger partial charge in [0, 0.05) is 43.9 Å². The van der Waals surface area contributed by atoms with Crippen molar-refractivity contribution in [1.29, 1.82) is 0 Å². The number of benzene rings is 10. The maximum atomic E-state index is 6.24. The molecule has 0 saturated carbocycles. The Morgan fingerprint density at radius 1 is 0.304 bits per heavy atom. The summed E-state index contributed by atoms with van der Waals surface area (Å²) >= 11 is 0. The van der Waals surface area contributed by atoms with Gasteiger partial charge in [-0.1, -0.05) is 212 Å². The van der Waals surface area contributed by atoms with Crippen molar-refractivity contribution in [2.45, 2.75) is 0 Å². The van der Waals surface area contributed by atoms with Gasteiger partial charge in [0.05, 0.1) is 11.0 Å². The predicted octanol–water partition coefficient (Wildman–Crippen LogP) is 12.9. The van der Waals surface area contributed by atoms with Gasteiger partial charge in [0.15, 0.2) is 25.5 Å². The van der Waals surface area contributed by atoms with Gasteiger partial charge >= 0.3 is 0 Å². The second kappa shape index (κ2) is 16.7. The van der Waals surface area contributed by atoms with Crippen molar-refractivity contribution in [3.8, 4) is 51.0 Å². The largest absolute Gasteiger partial charge is 0.456 e. The molecule has 324 valence electrons. The summed E-state index contributed by atoms with van der Waals surface area (Å²) in [6.45, 7) is 0. The number of rotatable bonds is 9. The normalized spacial score (nSPS) is 11.8. The van der Waals surface area contributed by atoms with Gasteiger partial charge in [0.1, 0.15) is 11.2 Å². The molecule has 69 heavy (non-hydrogen) atoms. The number of hydrogen-bond acceptors (Lipinski definition) is 4. The fourth-order valence-electron chi connectivity index (χ4n) is 10.5. The zero-order valence-corrected chi connectivity index (χ0v) is 38.4. The van der Waals surface area contributed by atoms with Gasteiger partial charge in [-0.15, -0.1) is 0 Å². The molecule has 5 nitrogen and oxygen atoms in total. The Morgan fingerprint density at radius 3 is 1.42 bits per heavy atom. The van der Waals surface area contributed by atoms with E-state index < -0.39 is 8.07 Å². The molecule has 0 aliphatic rings. The van der Waals surface area contributed by atoms with E-state index in [1.807, 2.05) is 12.1 Å². The molecule has 0 spiro atoms. The van der Waals surface area contributed by atoms with Gasteiger partial charge in [0.25, 0.3) is 0 Å². The summed E-state index contributed by atoms with van der Waals surface area (Å²) in [4.78, 5) is 16.1. The Bertz CT molecular complexity index is 3860. The summed E-state index contributed by atoms with van der Waals surface area (Å²) < 4.78 is 8.58. The standard InChI is InChI=1S/C63H42N4OSi/c1-4-21-47(22-5-1)69(48-23-6-2-7-24-48,49-25-8-3-9-26-49)50-38-35-43(36-39-50)61-64-62(45-19-18-20-46(41-45)67-57-32-15-12-28-52(57)53-29-13-16-33-58(53)67)66-63(65-61)55-31-11-10-27-51(55)44-37-40-60-56(42-44)54-30-14-17-34-59(54)68-60/h1-42H. The number of para-hydroxylation sites is 3. The third kappa shape index (κ3) is 6.80. The molecule has 0 amide bonds. The first-order valence-electron chi connectivity index (χ1n) is 23.3. The van der Waals surface area contributed by atoms with E-state index in [-0.39, 0.29) is 0 Å². The molecular weight excluding hydrogens is 857 g/mol. The monoisotopic (exact) mass is 898 g/mol. The van der Waals surface area contributed by atoms with Crippen molar-refractivity contribution >= 4 is 72.6 Å². The number of fused-ring (bicyclic) bond motifs is 6. The molecule has 13 aromatic rings. The lowest BCUT2D eigenvalue weighted by molar-refractivity contribution is 0.669. The summed E-state index contributed by atoms with van der Waals surface area (Å²) in [6.07, 6.45) is 0. The number of hydrogen-bond donors (Lipinski definition) is 0. The van der Waals surface area contributed by atoms with Crippen LogP contribution in [0.4, 0.5) is 0 Å². The molecule has 10 aromatic carbocycles. The molecule has 0 bridgehead atoms. The van der Waals surface area contributed by atoms with E-state index in [1.54, 1.807) is 0 Å². The highest BCUT2D eigenvalue weighted by Gasteiger charge is 2.41. The van der Waals surface area contributed by atoms with Crippen LogP contribution in [-0.4, -0.2) is 27.6 Å². The molecule has 0 fully saturated rings. The van der Waals surface area contributed by atoms with Crippen LogP contribution in [0.25, 0.3) is 94.7 Å². The highest BCUT2D eigenvalue weighted by Crippen LogP contribution is 2.38. The topological polar surface area (TPSA) is 56.7 Å². The van der Waals surface area contributed by atoms with E-state index >= 15 is 0 Å². The van der Waals surface area contributed by atoms with E-state index in [0.29, 0.717) is 17.5 Å². The molecule has 0 aliphatic carbocycles. The van der Waals surface area contributed by atoms with Gasteiger partial charge in [-0.3, -0.25) is 0 Å². The molecule has 0 aliphatic heterocycles. The highest BCUT2D eigenvalue weighted by atomic mass is 28.3. The lowest BCUT2D eigenvalue weighted by Crippen LogP contribution is -2.74. The zero-order chi connectivity index (χ0) is 45.7. The molecule has 3 heterocycles. The Hall–Kier alpha value is -8.97. The van der Waals surface area contributed by atoms with Crippen molar-refractivity contribution in [2.75, 3.05) is 0 Å². The lowest BCUT2D eigenvalue weighted by atomic mass is 9.97. The summed E-state index contributed by atoms with van der Waals surface area (Å²) in [7, 11) is -2.76. The van der Waals surface area contributed by atoms with E-state index in [0.717, 1.165) is 66.5 Å². The number of aromatic nitrogens is 4. The first-order chi connectivity index (χ1) is 34.2. The van der Waals surface area contributed by atoms with Crippen molar-refractivity contribution < 1.29 is 4.42 Å².